The molecule has 2 aliphatic heterocycles. The highest BCUT2D eigenvalue weighted by atomic mass is 16.5. The largest absolute Gasteiger partial charge is 0.374 e. The van der Waals surface area contributed by atoms with Crippen LogP contribution in [0.15, 0.2) is 12.2 Å². The molecular formula is C9H15NO. The quantitative estimate of drug-likeness (QED) is 0.596. The van der Waals surface area contributed by atoms with Crippen molar-refractivity contribution in [2.75, 3.05) is 19.7 Å². The van der Waals surface area contributed by atoms with Gasteiger partial charge in [0.1, 0.15) is 0 Å². The number of nitrogens with one attached hydrogen (secondary N) is 1. The highest BCUT2D eigenvalue weighted by molar-refractivity contribution is 4.99. The van der Waals surface area contributed by atoms with Crippen LogP contribution in [0.2, 0.25) is 0 Å². The molecule has 0 aliphatic carbocycles. The Labute approximate surface area is 67.6 Å². The van der Waals surface area contributed by atoms with E-state index in [0.717, 1.165) is 25.6 Å². The van der Waals surface area contributed by atoms with Crippen LogP contribution in [0.4, 0.5) is 0 Å². The predicted molar refractivity (Wildman–Crippen MR) is 44.5 cm³/mol. The molecule has 1 atom stereocenters. The third-order valence-electron chi connectivity index (χ3n) is 2.38. The van der Waals surface area contributed by atoms with Gasteiger partial charge in [0.05, 0.1) is 6.10 Å². The molecule has 62 valence electrons. The molecule has 11 heavy (non-hydrogen) atoms. The molecule has 2 fully saturated rings. The molecule has 1 N–H and O–H groups in total. The summed E-state index contributed by atoms with van der Waals surface area (Å²) in [5.74, 6) is 0.777. The Bertz CT molecular complexity index is 146. The van der Waals surface area contributed by atoms with Crippen LogP contribution >= 0.6 is 0 Å². The first-order valence-corrected chi connectivity index (χ1v) is 4.46. The van der Waals surface area contributed by atoms with Crippen LogP contribution in [0, 0.1) is 5.92 Å². The van der Waals surface area contributed by atoms with Gasteiger partial charge < -0.3 is 10.1 Å². The molecule has 0 amide bonds. The van der Waals surface area contributed by atoms with E-state index in [1.54, 1.807) is 0 Å². The lowest BCUT2D eigenvalue weighted by molar-refractivity contribution is 0.145. The molecule has 0 aromatic carbocycles. The molecule has 2 rings (SSSR count). The average molecular weight is 153 g/mol. The Morgan fingerprint density at radius 3 is 2.73 bits per heavy atom. The van der Waals surface area contributed by atoms with Gasteiger partial charge in [-0.2, -0.15) is 0 Å². The van der Waals surface area contributed by atoms with Crippen LogP contribution < -0.4 is 5.32 Å². The smallest absolute Gasteiger partial charge is 0.0756 e. The van der Waals surface area contributed by atoms with Gasteiger partial charge in [0.2, 0.25) is 0 Å². The zero-order valence-corrected chi connectivity index (χ0v) is 6.75. The minimum atomic E-state index is 0.426. The molecule has 0 bridgehead atoms. The SMILES string of the molecule is C(=C\C1CCCO1)/C1CNC1. The van der Waals surface area contributed by atoms with E-state index in [2.05, 4.69) is 17.5 Å². The molecular weight excluding hydrogens is 138 g/mol. The summed E-state index contributed by atoms with van der Waals surface area (Å²) in [7, 11) is 0. The lowest BCUT2D eigenvalue weighted by atomic mass is 10.0. The van der Waals surface area contributed by atoms with Gasteiger partial charge in [-0.1, -0.05) is 12.2 Å². The number of hydrogen-bond acceptors (Lipinski definition) is 2. The third kappa shape index (κ3) is 1.82. The fourth-order valence-electron chi connectivity index (χ4n) is 1.48. The van der Waals surface area contributed by atoms with Crippen molar-refractivity contribution in [1.29, 1.82) is 0 Å². The van der Waals surface area contributed by atoms with Crippen molar-refractivity contribution in [3.8, 4) is 0 Å². The van der Waals surface area contributed by atoms with Crippen LogP contribution in [0.1, 0.15) is 12.8 Å². The zero-order valence-electron chi connectivity index (χ0n) is 6.75. The van der Waals surface area contributed by atoms with Crippen molar-refractivity contribution in [3.63, 3.8) is 0 Å². The Morgan fingerprint density at radius 2 is 2.18 bits per heavy atom. The summed E-state index contributed by atoms with van der Waals surface area (Å²) in [5.41, 5.74) is 0. The maximum Gasteiger partial charge on any atom is 0.0756 e. The first kappa shape index (κ1) is 7.32. The van der Waals surface area contributed by atoms with E-state index >= 15 is 0 Å². The molecule has 0 spiro atoms. The van der Waals surface area contributed by atoms with E-state index in [1.165, 1.54) is 12.8 Å². The van der Waals surface area contributed by atoms with Crippen molar-refractivity contribution in [3.05, 3.63) is 12.2 Å². The minimum Gasteiger partial charge on any atom is -0.374 e. The predicted octanol–water partition coefficient (Wildman–Crippen LogP) is 0.941. The minimum absolute atomic E-state index is 0.426. The van der Waals surface area contributed by atoms with E-state index in [1.807, 2.05) is 0 Å². The Hall–Kier alpha value is -0.340. The Balaban J connectivity index is 1.73. The number of rotatable bonds is 2. The first-order chi connectivity index (χ1) is 5.45. The fraction of sp³-hybridized carbons (Fsp3) is 0.778. The molecule has 2 nitrogen and oxygen atoms in total. The van der Waals surface area contributed by atoms with E-state index in [0.29, 0.717) is 6.10 Å². The second kappa shape index (κ2) is 3.37. The maximum atomic E-state index is 5.46. The van der Waals surface area contributed by atoms with Crippen LogP contribution in [-0.2, 0) is 4.74 Å². The lowest BCUT2D eigenvalue weighted by Crippen LogP contribution is -2.40. The summed E-state index contributed by atoms with van der Waals surface area (Å²) in [5, 5.41) is 3.24. The maximum absolute atomic E-state index is 5.46. The van der Waals surface area contributed by atoms with Gasteiger partial charge in [0, 0.05) is 25.6 Å². The molecule has 0 aromatic rings. The molecule has 2 heteroatoms. The molecule has 2 heterocycles. The van der Waals surface area contributed by atoms with E-state index < -0.39 is 0 Å². The van der Waals surface area contributed by atoms with Crippen molar-refractivity contribution < 1.29 is 4.74 Å². The van der Waals surface area contributed by atoms with Crippen LogP contribution in [-0.4, -0.2) is 25.8 Å². The van der Waals surface area contributed by atoms with Crippen LogP contribution in [0.3, 0.4) is 0 Å². The Kier molecular flexibility index (Phi) is 2.24. The topological polar surface area (TPSA) is 21.3 Å². The molecule has 0 radical (unpaired) electrons. The summed E-state index contributed by atoms with van der Waals surface area (Å²) in [6.45, 7) is 3.27. The monoisotopic (exact) mass is 153 g/mol. The highest BCUT2D eigenvalue weighted by Gasteiger charge is 2.15. The summed E-state index contributed by atoms with van der Waals surface area (Å²) < 4.78 is 5.46. The third-order valence-corrected chi connectivity index (χ3v) is 2.38. The second-order valence-corrected chi connectivity index (χ2v) is 3.35. The van der Waals surface area contributed by atoms with Crippen molar-refractivity contribution >= 4 is 0 Å². The molecule has 0 saturated carbocycles. The zero-order chi connectivity index (χ0) is 7.52. The molecule has 2 aliphatic rings. The van der Waals surface area contributed by atoms with E-state index in [4.69, 9.17) is 4.74 Å². The van der Waals surface area contributed by atoms with Gasteiger partial charge in [0.15, 0.2) is 0 Å². The van der Waals surface area contributed by atoms with Gasteiger partial charge in [-0.05, 0) is 12.8 Å². The lowest BCUT2D eigenvalue weighted by Gasteiger charge is -2.23. The van der Waals surface area contributed by atoms with Gasteiger partial charge in [0.25, 0.3) is 0 Å². The standard InChI is InChI=1S/C9H15NO/c1-2-9(11-5-1)4-3-8-6-10-7-8/h3-4,8-10H,1-2,5-7H2/b4-3+. The van der Waals surface area contributed by atoms with Gasteiger partial charge in [-0.25, -0.2) is 0 Å². The molecule has 1 unspecified atom stereocenters. The molecule has 0 aromatic heterocycles. The fourth-order valence-corrected chi connectivity index (χ4v) is 1.48. The Morgan fingerprint density at radius 1 is 1.27 bits per heavy atom. The van der Waals surface area contributed by atoms with Gasteiger partial charge in [-0.3, -0.25) is 0 Å². The van der Waals surface area contributed by atoms with Crippen LogP contribution in [0.25, 0.3) is 0 Å². The van der Waals surface area contributed by atoms with E-state index in [9.17, 15) is 0 Å². The molecule has 2 saturated heterocycles. The highest BCUT2D eigenvalue weighted by Crippen LogP contribution is 2.14. The van der Waals surface area contributed by atoms with Gasteiger partial charge in [-0.15, -0.1) is 0 Å². The van der Waals surface area contributed by atoms with Gasteiger partial charge >= 0.3 is 0 Å². The average Bonchev–Trinajstić information content (AvgIpc) is 2.36. The van der Waals surface area contributed by atoms with Crippen LogP contribution in [0.5, 0.6) is 0 Å². The summed E-state index contributed by atoms with van der Waals surface area (Å²) in [6, 6.07) is 0. The number of hydrogen-bond donors (Lipinski definition) is 1. The summed E-state index contributed by atoms with van der Waals surface area (Å²) in [4.78, 5) is 0. The summed E-state index contributed by atoms with van der Waals surface area (Å²) >= 11 is 0. The van der Waals surface area contributed by atoms with E-state index in [-0.39, 0.29) is 0 Å². The van der Waals surface area contributed by atoms with Crippen molar-refractivity contribution in [2.24, 2.45) is 5.92 Å². The normalized spacial score (nSPS) is 32.9. The summed E-state index contributed by atoms with van der Waals surface area (Å²) in [6.07, 6.45) is 7.41. The van der Waals surface area contributed by atoms with Crippen molar-refractivity contribution in [2.45, 2.75) is 18.9 Å². The number of ether oxygens (including phenoxy) is 1. The van der Waals surface area contributed by atoms with Crippen molar-refractivity contribution in [1.82, 2.24) is 5.32 Å². The second-order valence-electron chi connectivity index (χ2n) is 3.35. The first-order valence-electron chi connectivity index (χ1n) is 4.46.